The van der Waals surface area contributed by atoms with Crippen LogP contribution >= 0.6 is 0 Å². The molecule has 0 saturated carbocycles. The van der Waals surface area contributed by atoms with Gasteiger partial charge in [0.1, 0.15) is 5.82 Å². The molecular weight excluding hydrogens is 327 g/mol. The third-order valence-corrected chi connectivity index (χ3v) is 5.74. The standard InChI is InChI=1S/C22H31FN2O/c1-16(2)7-10-24-11-8-22(9-12-24)15-25(21(26)13-17(3)4)20-6-5-18(23)14-19(20)22/h5-7,14,17H,8-13,15H2,1-4H3. The van der Waals surface area contributed by atoms with Gasteiger partial charge in [-0.15, -0.1) is 0 Å². The smallest absolute Gasteiger partial charge is 0.227 e. The predicted octanol–water partition coefficient (Wildman–Crippen LogP) is 4.52. The largest absolute Gasteiger partial charge is 0.311 e. The van der Waals surface area contributed by atoms with E-state index in [0.29, 0.717) is 18.9 Å². The first-order valence-electron chi connectivity index (χ1n) is 9.77. The molecule has 2 aliphatic heterocycles. The highest BCUT2D eigenvalue weighted by molar-refractivity contribution is 5.96. The molecular formula is C22H31FN2O. The average molecular weight is 359 g/mol. The van der Waals surface area contributed by atoms with Gasteiger partial charge in [-0.2, -0.15) is 0 Å². The van der Waals surface area contributed by atoms with Gasteiger partial charge in [0.15, 0.2) is 0 Å². The van der Waals surface area contributed by atoms with Crippen molar-refractivity contribution >= 4 is 11.6 Å². The molecule has 2 heterocycles. The van der Waals surface area contributed by atoms with Gasteiger partial charge in [-0.3, -0.25) is 9.69 Å². The van der Waals surface area contributed by atoms with E-state index in [2.05, 4.69) is 38.7 Å². The van der Waals surface area contributed by atoms with Gasteiger partial charge >= 0.3 is 0 Å². The van der Waals surface area contributed by atoms with Gasteiger partial charge in [-0.1, -0.05) is 25.5 Å². The van der Waals surface area contributed by atoms with Crippen LogP contribution in [0.2, 0.25) is 0 Å². The molecule has 142 valence electrons. The second kappa shape index (κ2) is 7.51. The quantitative estimate of drug-likeness (QED) is 0.739. The van der Waals surface area contributed by atoms with Crippen molar-refractivity contribution in [3.63, 3.8) is 0 Å². The van der Waals surface area contributed by atoms with Crippen LogP contribution in [0.3, 0.4) is 0 Å². The molecule has 0 atom stereocenters. The van der Waals surface area contributed by atoms with Gasteiger partial charge in [0.2, 0.25) is 5.91 Å². The first kappa shape index (κ1) is 19.1. The van der Waals surface area contributed by atoms with Crippen LogP contribution in [0.1, 0.15) is 52.5 Å². The monoisotopic (exact) mass is 358 g/mol. The van der Waals surface area contributed by atoms with E-state index in [1.54, 1.807) is 12.1 Å². The van der Waals surface area contributed by atoms with Crippen molar-refractivity contribution in [3.8, 4) is 0 Å². The number of hydrogen-bond acceptors (Lipinski definition) is 2. The number of nitrogens with zero attached hydrogens (tertiary/aromatic N) is 2. The fourth-order valence-corrected chi connectivity index (χ4v) is 4.23. The fraction of sp³-hybridized carbons (Fsp3) is 0.591. The van der Waals surface area contributed by atoms with Gasteiger partial charge in [-0.25, -0.2) is 4.39 Å². The molecule has 0 unspecified atom stereocenters. The van der Waals surface area contributed by atoms with Crippen LogP contribution in [0.5, 0.6) is 0 Å². The highest BCUT2D eigenvalue weighted by Crippen LogP contribution is 2.47. The number of halogens is 1. The first-order valence-corrected chi connectivity index (χ1v) is 9.77. The van der Waals surface area contributed by atoms with E-state index in [0.717, 1.165) is 43.7 Å². The van der Waals surface area contributed by atoms with Gasteiger partial charge < -0.3 is 4.90 Å². The number of carbonyl (C=O) groups excluding carboxylic acids is 1. The van der Waals surface area contributed by atoms with Crippen LogP contribution in [0.4, 0.5) is 10.1 Å². The molecule has 2 aliphatic rings. The Morgan fingerprint density at radius 3 is 2.58 bits per heavy atom. The van der Waals surface area contributed by atoms with Crippen LogP contribution in [0.25, 0.3) is 0 Å². The Hall–Kier alpha value is -1.68. The maximum absolute atomic E-state index is 14.0. The van der Waals surface area contributed by atoms with Crippen LogP contribution in [-0.2, 0) is 10.2 Å². The van der Waals surface area contributed by atoms with Crippen molar-refractivity contribution in [3.05, 3.63) is 41.2 Å². The Kier molecular flexibility index (Phi) is 5.52. The number of carbonyl (C=O) groups is 1. The Bertz CT molecular complexity index is 698. The lowest BCUT2D eigenvalue weighted by molar-refractivity contribution is -0.119. The summed E-state index contributed by atoms with van der Waals surface area (Å²) in [6, 6.07) is 4.95. The number of hydrogen-bond donors (Lipinski definition) is 0. The maximum Gasteiger partial charge on any atom is 0.227 e. The number of likely N-dealkylation sites (tertiary alicyclic amines) is 1. The molecule has 4 heteroatoms. The lowest BCUT2D eigenvalue weighted by Gasteiger charge is -2.39. The highest BCUT2D eigenvalue weighted by atomic mass is 19.1. The van der Waals surface area contributed by atoms with Gasteiger partial charge in [0.25, 0.3) is 0 Å². The zero-order valence-electron chi connectivity index (χ0n) is 16.5. The Labute approximate surface area is 156 Å². The molecule has 1 aromatic rings. The lowest BCUT2D eigenvalue weighted by atomic mass is 9.74. The summed E-state index contributed by atoms with van der Waals surface area (Å²) in [7, 11) is 0. The van der Waals surface area contributed by atoms with Crippen molar-refractivity contribution in [2.75, 3.05) is 31.1 Å². The SMILES string of the molecule is CC(C)=CCN1CCC2(CC1)CN(C(=O)CC(C)C)c1ccc(F)cc12. The number of piperidine rings is 1. The van der Waals surface area contributed by atoms with Gasteiger partial charge in [-0.05, 0) is 69.5 Å². The number of anilines is 1. The van der Waals surface area contributed by atoms with E-state index in [1.165, 1.54) is 11.6 Å². The van der Waals surface area contributed by atoms with E-state index in [9.17, 15) is 9.18 Å². The van der Waals surface area contributed by atoms with E-state index < -0.39 is 0 Å². The highest BCUT2D eigenvalue weighted by Gasteiger charge is 2.46. The van der Waals surface area contributed by atoms with E-state index >= 15 is 0 Å². The topological polar surface area (TPSA) is 23.6 Å². The van der Waals surface area contributed by atoms with Crippen molar-refractivity contribution < 1.29 is 9.18 Å². The van der Waals surface area contributed by atoms with Crippen LogP contribution in [-0.4, -0.2) is 37.0 Å². The van der Waals surface area contributed by atoms with Crippen molar-refractivity contribution in [2.45, 2.75) is 52.4 Å². The fourth-order valence-electron chi connectivity index (χ4n) is 4.23. The molecule has 0 radical (unpaired) electrons. The number of fused-ring (bicyclic) bond motifs is 2. The summed E-state index contributed by atoms with van der Waals surface area (Å²) in [4.78, 5) is 17.2. The van der Waals surface area contributed by atoms with Crippen LogP contribution in [0, 0.1) is 11.7 Å². The number of allylic oxidation sites excluding steroid dienone is 1. The Morgan fingerprint density at radius 1 is 1.27 bits per heavy atom. The second-order valence-electron chi connectivity index (χ2n) is 8.60. The number of benzene rings is 1. The molecule has 26 heavy (non-hydrogen) atoms. The third-order valence-electron chi connectivity index (χ3n) is 5.74. The first-order chi connectivity index (χ1) is 12.3. The summed E-state index contributed by atoms with van der Waals surface area (Å²) < 4.78 is 14.0. The maximum atomic E-state index is 14.0. The van der Waals surface area contributed by atoms with E-state index in [-0.39, 0.29) is 17.1 Å². The molecule has 1 aromatic carbocycles. The summed E-state index contributed by atoms with van der Waals surface area (Å²) >= 11 is 0. The zero-order chi connectivity index (χ0) is 18.9. The minimum atomic E-state index is -0.201. The normalized spacial score (nSPS) is 19.1. The molecule has 0 N–H and O–H groups in total. The van der Waals surface area contributed by atoms with Crippen LogP contribution < -0.4 is 4.90 Å². The molecule has 0 bridgehead atoms. The molecule has 1 saturated heterocycles. The van der Waals surface area contributed by atoms with Gasteiger partial charge in [0.05, 0.1) is 0 Å². The average Bonchev–Trinajstić information content (AvgIpc) is 2.88. The summed E-state index contributed by atoms with van der Waals surface area (Å²) in [6.07, 6.45) is 4.76. The molecule has 0 aromatic heterocycles. The lowest BCUT2D eigenvalue weighted by Crippen LogP contribution is -2.46. The van der Waals surface area contributed by atoms with Crippen molar-refractivity contribution in [2.24, 2.45) is 5.92 Å². The summed E-state index contributed by atoms with van der Waals surface area (Å²) in [6.45, 7) is 12.0. The molecule has 0 aliphatic carbocycles. The minimum absolute atomic E-state index is 0.0917. The van der Waals surface area contributed by atoms with E-state index in [4.69, 9.17) is 0 Å². The van der Waals surface area contributed by atoms with Crippen LogP contribution in [0.15, 0.2) is 29.8 Å². The zero-order valence-corrected chi connectivity index (χ0v) is 16.5. The Morgan fingerprint density at radius 2 is 1.96 bits per heavy atom. The Balaban J connectivity index is 1.82. The molecule has 1 amide bonds. The minimum Gasteiger partial charge on any atom is -0.311 e. The number of rotatable bonds is 4. The van der Waals surface area contributed by atoms with Gasteiger partial charge in [0, 0.05) is 30.6 Å². The molecule has 1 spiro atoms. The van der Waals surface area contributed by atoms with E-state index in [1.807, 2.05) is 4.90 Å². The second-order valence-corrected chi connectivity index (χ2v) is 8.60. The molecule has 3 rings (SSSR count). The van der Waals surface area contributed by atoms with Crippen molar-refractivity contribution in [1.29, 1.82) is 0 Å². The predicted molar refractivity (Wildman–Crippen MR) is 105 cm³/mol. The third kappa shape index (κ3) is 3.85. The summed E-state index contributed by atoms with van der Waals surface area (Å²) in [5.74, 6) is 0.291. The summed E-state index contributed by atoms with van der Waals surface area (Å²) in [5.41, 5.74) is 3.21. The summed E-state index contributed by atoms with van der Waals surface area (Å²) in [5, 5.41) is 0. The number of amides is 1. The molecule has 1 fully saturated rings. The van der Waals surface area contributed by atoms with Crippen molar-refractivity contribution in [1.82, 2.24) is 4.90 Å². The molecule has 3 nitrogen and oxygen atoms in total.